The van der Waals surface area contributed by atoms with Crippen molar-refractivity contribution in [2.45, 2.75) is 411 Å². The van der Waals surface area contributed by atoms with Crippen molar-refractivity contribution in [2.75, 3.05) is 6.61 Å². The summed E-state index contributed by atoms with van der Waals surface area (Å²) in [5, 5.41) is 23.4. The molecule has 3 N–H and O–H groups in total. The monoisotopic (exact) mass is 1010 g/mol. The first-order valence-corrected chi connectivity index (χ1v) is 33.9. The molecule has 0 saturated heterocycles. The van der Waals surface area contributed by atoms with Gasteiger partial charge in [-0.3, -0.25) is 4.79 Å². The van der Waals surface area contributed by atoms with Crippen LogP contribution in [-0.2, 0) is 4.79 Å². The lowest BCUT2D eigenvalue weighted by molar-refractivity contribution is -0.123. The Morgan fingerprint density at radius 1 is 0.319 bits per heavy atom. The molecule has 0 aliphatic carbocycles. The minimum atomic E-state index is -0.657. The molecule has 4 nitrogen and oxygen atoms in total. The largest absolute Gasteiger partial charge is 0.394 e. The van der Waals surface area contributed by atoms with E-state index in [0.29, 0.717) is 12.8 Å². The van der Waals surface area contributed by atoms with Gasteiger partial charge in [0.15, 0.2) is 0 Å². The molecule has 2 atom stereocenters. The number of carbonyl (C=O) groups excluding carboxylic acids is 1. The van der Waals surface area contributed by atoms with Crippen LogP contribution < -0.4 is 5.32 Å². The third kappa shape index (κ3) is 60.0. The number of rotatable bonds is 64. The first-order valence-electron chi connectivity index (χ1n) is 33.9. The van der Waals surface area contributed by atoms with Crippen LogP contribution in [0.4, 0.5) is 0 Å². The van der Waals surface area contributed by atoms with E-state index in [4.69, 9.17) is 0 Å². The standard InChI is InChI=1S/C68H135NO3/c1-3-5-7-9-11-13-15-17-19-21-23-25-26-27-28-29-30-31-32-33-34-35-36-37-38-39-40-41-42-44-46-48-50-52-54-56-58-60-62-64-68(72)69-66(65-70)67(71)63-61-59-57-55-53-51-49-47-45-43-24-22-20-18-16-14-12-10-8-6-4-2/h33-34,66-67,70-71H,3-32,35-65H2,1-2H3,(H,69,72)/b34-33-. The molecule has 0 aliphatic rings. The molecule has 0 aliphatic heterocycles. The Balaban J connectivity index is 3.36. The van der Waals surface area contributed by atoms with Gasteiger partial charge in [0.1, 0.15) is 0 Å². The molecule has 0 radical (unpaired) electrons. The topological polar surface area (TPSA) is 69.6 Å². The Hall–Kier alpha value is -0.870. The van der Waals surface area contributed by atoms with Gasteiger partial charge in [-0.05, 0) is 38.5 Å². The van der Waals surface area contributed by atoms with Crippen molar-refractivity contribution in [3.63, 3.8) is 0 Å². The number of carbonyl (C=O) groups is 1. The maximum atomic E-state index is 12.5. The zero-order valence-corrected chi connectivity index (χ0v) is 49.7. The first-order chi connectivity index (χ1) is 35.7. The lowest BCUT2D eigenvalue weighted by Gasteiger charge is -2.22. The van der Waals surface area contributed by atoms with Crippen LogP contribution in [0.25, 0.3) is 0 Å². The second kappa shape index (κ2) is 64.4. The number of aliphatic hydroxyl groups is 2. The molecule has 72 heavy (non-hydrogen) atoms. The Kier molecular flexibility index (Phi) is 63.6. The van der Waals surface area contributed by atoms with Crippen molar-refractivity contribution in [3.05, 3.63) is 12.2 Å². The van der Waals surface area contributed by atoms with Crippen LogP contribution in [0, 0.1) is 0 Å². The molecule has 0 bridgehead atoms. The van der Waals surface area contributed by atoms with E-state index in [-0.39, 0.29) is 12.5 Å². The van der Waals surface area contributed by atoms with Crippen LogP contribution >= 0.6 is 0 Å². The van der Waals surface area contributed by atoms with Crippen molar-refractivity contribution < 1.29 is 15.0 Å². The third-order valence-electron chi connectivity index (χ3n) is 16.3. The van der Waals surface area contributed by atoms with Gasteiger partial charge in [0, 0.05) is 6.42 Å². The lowest BCUT2D eigenvalue weighted by Crippen LogP contribution is -2.45. The van der Waals surface area contributed by atoms with Gasteiger partial charge in [-0.15, -0.1) is 0 Å². The van der Waals surface area contributed by atoms with Gasteiger partial charge in [0.05, 0.1) is 18.8 Å². The highest BCUT2D eigenvalue weighted by atomic mass is 16.3. The molecule has 0 saturated carbocycles. The molecule has 430 valence electrons. The highest BCUT2D eigenvalue weighted by Crippen LogP contribution is 2.19. The second-order valence-electron chi connectivity index (χ2n) is 23.6. The molecule has 0 heterocycles. The van der Waals surface area contributed by atoms with E-state index >= 15 is 0 Å². The Bertz CT molecular complexity index is 1010. The van der Waals surface area contributed by atoms with E-state index < -0.39 is 12.1 Å². The fourth-order valence-corrected chi connectivity index (χ4v) is 11.1. The number of hydrogen-bond donors (Lipinski definition) is 3. The van der Waals surface area contributed by atoms with Crippen molar-refractivity contribution in [3.8, 4) is 0 Å². The predicted octanol–water partition coefficient (Wildman–Crippen LogP) is 22.8. The quantitative estimate of drug-likeness (QED) is 0.0420. The summed E-state index contributed by atoms with van der Waals surface area (Å²) < 4.78 is 0. The van der Waals surface area contributed by atoms with E-state index in [1.807, 2.05) is 0 Å². The maximum absolute atomic E-state index is 12.5. The van der Waals surface area contributed by atoms with Crippen LogP contribution in [0.15, 0.2) is 12.2 Å². The number of amides is 1. The third-order valence-corrected chi connectivity index (χ3v) is 16.3. The van der Waals surface area contributed by atoms with Crippen LogP contribution in [-0.4, -0.2) is 34.9 Å². The van der Waals surface area contributed by atoms with E-state index in [0.717, 1.165) is 25.7 Å². The van der Waals surface area contributed by atoms with Crippen molar-refractivity contribution in [1.82, 2.24) is 5.32 Å². The number of aliphatic hydroxyl groups excluding tert-OH is 2. The molecule has 2 unspecified atom stereocenters. The molecular weight excluding hydrogens is 879 g/mol. The zero-order chi connectivity index (χ0) is 52.0. The summed E-state index contributed by atoms with van der Waals surface area (Å²) in [5.41, 5.74) is 0. The summed E-state index contributed by atoms with van der Waals surface area (Å²) in [6, 6.07) is -0.534. The summed E-state index contributed by atoms with van der Waals surface area (Å²) in [7, 11) is 0. The SMILES string of the molecule is CCCCCCCCCCCCCCCCCCCC/C=C\CCCCCCCCCCCCCCCCCCCC(=O)NC(CO)C(O)CCCCCCCCCCCCCCCCCCCCCCC. The first kappa shape index (κ1) is 71.1. The van der Waals surface area contributed by atoms with Crippen LogP contribution in [0.5, 0.6) is 0 Å². The summed E-state index contributed by atoms with van der Waals surface area (Å²) in [6.07, 6.45) is 85.5. The molecule has 0 aromatic rings. The molecule has 0 fully saturated rings. The van der Waals surface area contributed by atoms with E-state index in [1.165, 1.54) is 347 Å². The van der Waals surface area contributed by atoms with Crippen molar-refractivity contribution in [2.24, 2.45) is 0 Å². The maximum Gasteiger partial charge on any atom is 0.220 e. The summed E-state index contributed by atoms with van der Waals surface area (Å²) >= 11 is 0. The van der Waals surface area contributed by atoms with E-state index in [1.54, 1.807) is 0 Å². The summed E-state index contributed by atoms with van der Waals surface area (Å²) in [5.74, 6) is -0.0221. The minimum Gasteiger partial charge on any atom is -0.394 e. The highest BCUT2D eigenvalue weighted by Gasteiger charge is 2.20. The van der Waals surface area contributed by atoms with Crippen molar-refractivity contribution in [1.29, 1.82) is 0 Å². The molecule has 1 amide bonds. The fourth-order valence-electron chi connectivity index (χ4n) is 11.1. The zero-order valence-electron chi connectivity index (χ0n) is 49.7. The molecule has 0 spiro atoms. The van der Waals surface area contributed by atoms with Gasteiger partial charge >= 0.3 is 0 Å². The van der Waals surface area contributed by atoms with Crippen LogP contribution in [0.1, 0.15) is 399 Å². The lowest BCUT2D eigenvalue weighted by atomic mass is 10.0. The predicted molar refractivity (Wildman–Crippen MR) is 323 cm³/mol. The smallest absolute Gasteiger partial charge is 0.220 e. The Morgan fingerprint density at radius 3 is 0.764 bits per heavy atom. The summed E-state index contributed by atoms with van der Waals surface area (Å²) in [4.78, 5) is 12.5. The number of allylic oxidation sites excluding steroid dienone is 2. The minimum absolute atomic E-state index is 0.0221. The van der Waals surface area contributed by atoms with E-state index in [9.17, 15) is 15.0 Å². The van der Waals surface area contributed by atoms with Crippen LogP contribution in [0.2, 0.25) is 0 Å². The van der Waals surface area contributed by atoms with Gasteiger partial charge in [-0.2, -0.15) is 0 Å². The van der Waals surface area contributed by atoms with Gasteiger partial charge < -0.3 is 15.5 Å². The molecular formula is C68H135NO3. The second-order valence-corrected chi connectivity index (χ2v) is 23.6. The van der Waals surface area contributed by atoms with Gasteiger partial charge in [0.2, 0.25) is 5.91 Å². The Labute approximate surface area is 454 Å². The average Bonchev–Trinajstić information content (AvgIpc) is 3.39. The van der Waals surface area contributed by atoms with Crippen molar-refractivity contribution >= 4 is 5.91 Å². The Morgan fingerprint density at radius 2 is 0.528 bits per heavy atom. The highest BCUT2D eigenvalue weighted by molar-refractivity contribution is 5.76. The van der Waals surface area contributed by atoms with Gasteiger partial charge in [0.25, 0.3) is 0 Å². The summed E-state index contributed by atoms with van der Waals surface area (Å²) in [6.45, 7) is 4.41. The normalized spacial score (nSPS) is 12.7. The number of unbranched alkanes of at least 4 members (excludes halogenated alkanes) is 55. The molecule has 0 aromatic carbocycles. The molecule has 0 aromatic heterocycles. The van der Waals surface area contributed by atoms with Crippen LogP contribution in [0.3, 0.4) is 0 Å². The molecule has 4 heteroatoms. The number of nitrogens with one attached hydrogen (secondary N) is 1. The number of hydrogen-bond acceptors (Lipinski definition) is 3. The average molecular weight is 1010 g/mol. The fraction of sp³-hybridized carbons (Fsp3) is 0.956. The van der Waals surface area contributed by atoms with Gasteiger partial charge in [-0.1, -0.05) is 366 Å². The van der Waals surface area contributed by atoms with E-state index in [2.05, 4.69) is 31.3 Å². The van der Waals surface area contributed by atoms with Gasteiger partial charge in [-0.25, -0.2) is 0 Å². The molecule has 0 rings (SSSR count).